The largest absolute Gasteiger partial charge is 0.481 e. The number of carbonyl (C=O) groups is 2. The summed E-state index contributed by atoms with van der Waals surface area (Å²) in [5.41, 5.74) is 2.51. The fraction of sp³-hybridized carbons (Fsp3) is 0.250. The number of hydrogen-bond acceptors (Lipinski definition) is 3. The van der Waals surface area contributed by atoms with Crippen LogP contribution in [0.5, 0.6) is 0 Å². The molecule has 5 heteroatoms. The zero-order valence-electron chi connectivity index (χ0n) is 11.8. The number of carboxylic acids is 1. The number of fused-ring (bicyclic) bond motifs is 1. The van der Waals surface area contributed by atoms with E-state index in [-0.39, 0.29) is 12.5 Å². The molecule has 21 heavy (non-hydrogen) atoms. The molecular formula is C16H15NO3S. The first kappa shape index (κ1) is 13.8. The highest BCUT2D eigenvalue weighted by molar-refractivity contribution is 7.14. The number of benzene rings is 1. The summed E-state index contributed by atoms with van der Waals surface area (Å²) in [5.74, 6) is -1.66. The van der Waals surface area contributed by atoms with Crippen LogP contribution in [0.3, 0.4) is 0 Å². The van der Waals surface area contributed by atoms with E-state index in [2.05, 4.69) is 0 Å². The van der Waals surface area contributed by atoms with Gasteiger partial charge in [0.05, 0.1) is 4.88 Å². The van der Waals surface area contributed by atoms with E-state index in [4.69, 9.17) is 0 Å². The Morgan fingerprint density at radius 2 is 2.00 bits per heavy atom. The Kier molecular flexibility index (Phi) is 3.29. The fourth-order valence-electron chi connectivity index (χ4n) is 2.62. The van der Waals surface area contributed by atoms with Crippen molar-refractivity contribution in [1.29, 1.82) is 0 Å². The van der Waals surface area contributed by atoms with Crippen LogP contribution in [0.2, 0.25) is 0 Å². The number of nitrogens with zero attached hydrogens (tertiary/aromatic N) is 1. The van der Waals surface area contributed by atoms with Gasteiger partial charge < -0.3 is 10.0 Å². The van der Waals surface area contributed by atoms with Gasteiger partial charge in [-0.25, -0.2) is 0 Å². The van der Waals surface area contributed by atoms with Gasteiger partial charge >= 0.3 is 5.97 Å². The van der Waals surface area contributed by atoms with Gasteiger partial charge in [0.2, 0.25) is 0 Å². The number of para-hydroxylation sites is 1. The van der Waals surface area contributed by atoms with E-state index in [1.807, 2.05) is 38.1 Å². The Bertz CT molecular complexity index is 715. The van der Waals surface area contributed by atoms with Crippen LogP contribution in [0.15, 0.2) is 30.3 Å². The van der Waals surface area contributed by atoms with E-state index in [0.717, 1.165) is 10.4 Å². The molecule has 2 heterocycles. The van der Waals surface area contributed by atoms with Crippen LogP contribution < -0.4 is 4.90 Å². The summed E-state index contributed by atoms with van der Waals surface area (Å²) >= 11 is 1.45. The van der Waals surface area contributed by atoms with E-state index < -0.39 is 11.9 Å². The summed E-state index contributed by atoms with van der Waals surface area (Å²) in [6, 6.07) is 9.10. The van der Waals surface area contributed by atoms with E-state index in [1.165, 1.54) is 11.3 Å². The third kappa shape index (κ3) is 2.23. The second kappa shape index (κ2) is 5.00. The molecule has 0 bridgehead atoms. The minimum absolute atomic E-state index is 0.118. The zero-order chi connectivity index (χ0) is 15.1. The van der Waals surface area contributed by atoms with Crippen molar-refractivity contribution in [3.05, 3.63) is 51.2 Å². The smallest absolute Gasteiger partial charge is 0.312 e. The lowest BCUT2D eigenvalue weighted by atomic mass is 10.0. The predicted octanol–water partition coefficient (Wildman–Crippen LogP) is 3.19. The maximum atomic E-state index is 12.7. The van der Waals surface area contributed by atoms with Crippen LogP contribution in [-0.2, 0) is 4.79 Å². The number of carboxylic acid groups (broad SMARTS) is 1. The van der Waals surface area contributed by atoms with Gasteiger partial charge in [-0.3, -0.25) is 9.59 Å². The summed E-state index contributed by atoms with van der Waals surface area (Å²) in [5, 5.41) is 9.34. The average Bonchev–Trinajstić information content (AvgIpc) is 3.00. The van der Waals surface area contributed by atoms with E-state index >= 15 is 0 Å². The van der Waals surface area contributed by atoms with Gasteiger partial charge in [-0.05, 0) is 37.1 Å². The standard InChI is InChI=1S/C16H15NO3S/c1-9-7-14(21-10(9)2)15(18)17-8-12(16(19)20)11-5-3-4-6-13(11)17/h3-7,12H,8H2,1-2H3,(H,19,20)/t12-/m1/s1. The molecule has 0 unspecified atom stereocenters. The van der Waals surface area contributed by atoms with Crippen LogP contribution in [0, 0.1) is 13.8 Å². The van der Waals surface area contributed by atoms with Gasteiger partial charge in [-0.15, -0.1) is 11.3 Å². The number of aryl methyl sites for hydroxylation is 2. The minimum Gasteiger partial charge on any atom is -0.481 e. The Labute approximate surface area is 126 Å². The van der Waals surface area contributed by atoms with Crippen molar-refractivity contribution in [2.75, 3.05) is 11.4 Å². The van der Waals surface area contributed by atoms with Crippen LogP contribution >= 0.6 is 11.3 Å². The molecular weight excluding hydrogens is 286 g/mol. The molecule has 0 saturated heterocycles. The third-order valence-electron chi connectivity index (χ3n) is 3.89. The number of hydrogen-bond donors (Lipinski definition) is 1. The van der Waals surface area contributed by atoms with Gasteiger partial charge in [0.25, 0.3) is 5.91 Å². The highest BCUT2D eigenvalue weighted by atomic mass is 32.1. The predicted molar refractivity (Wildman–Crippen MR) is 82.3 cm³/mol. The number of aliphatic carboxylic acids is 1. The third-order valence-corrected chi connectivity index (χ3v) is 5.03. The summed E-state index contributed by atoms with van der Waals surface area (Å²) in [6.45, 7) is 4.15. The molecule has 1 aromatic heterocycles. The molecule has 1 N–H and O–H groups in total. The molecule has 1 aromatic carbocycles. The Hall–Kier alpha value is -2.14. The van der Waals surface area contributed by atoms with Crippen molar-refractivity contribution >= 4 is 28.9 Å². The minimum atomic E-state index is -0.892. The van der Waals surface area contributed by atoms with Crippen molar-refractivity contribution in [3.63, 3.8) is 0 Å². The molecule has 1 amide bonds. The monoisotopic (exact) mass is 301 g/mol. The van der Waals surface area contributed by atoms with E-state index in [9.17, 15) is 14.7 Å². The van der Waals surface area contributed by atoms with E-state index in [1.54, 1.807) is 11.0 Å². The first-order valence-corrected chi connectivity index (χ1v) is 7.51. The van der Waals surface area contributed by atoms with Gasteiger partial charge in [0, 0.05) is 17.1 Å². The average molecular weight is 301 g/mol. The molecule has 108 valence electrons. The Morgan fingerprint density at radius 1 is 1.29 bits per heavy atom. The normalized spacial score (nSPS) is 16.9. The van der Waals surface area contributed by atoms with Gasteiger partial charge in [-0.1, -0.05) is 18.2 Å². The fourth-order valence-corrected chi connectivity index (χ4v) is 3.61. The lowest BCUT2D eigenvalue weighted by Crippen LogP contribution is -2.30. The molecule has 1 aliphatic rings. The van der Waals surface area contributed by atoms with Crippen molar-refractivity contribution in [3.8, 4) is 0 Å². The Morgan fingerprint density at radius 3 is 2.62 bits per heavy atom. The lowest BCUT2D eigenvalue weighted by molar-refractivity contribution is -0.138. The van der Waals surface area contributed by atoms with Gasteiger partial charge in [-0.2, -0.15) is 0 Å². The molecule has 4 nitrogen and oxygen atoms in total. The second-order valence-corrected chi connectivity index (χ2v) is 6.47. The van der Waals surface area contributed by atoms with Crippen molar-refractivity contribution in [1.82, 2.24) is 0 Å². The lowest BCUT2D eigenvalue weighted by Gasteiger charge is -2.16. The van der Waals surface area contributed by atoms with Crippen molar-refractivity contribution < 1.29 is 14.7 Å². The van der Waals surface area contributed by atoms with E-state index in [0.29, 0.717) is 16.1 Å². The van der Waals surface area contributed by atoms with Crippen LogP contribution in [0.1, 0.15) is 31.6 Å². The van der Waals surface area contributed by atoms with Crippen LogP contribution in [-0.4, -0.2) is 23.5 Å². The number of carbonyl (C=O) groups excluding carboxylic acids is 1. The molecule has 2 aromatic rings. The number of rotatable bonds is 2. The highest BCUT2D eigenvalue weighted by Crippen LogP contribution is 2.37. The first-order valence-electron chi connectivity index (χ1n) is 6.69. The highest BCUT2D eigenvalue weighted by Gasteiger charge is 2.37. The quantitative estimate of drug-likeness (QED) is 0.926. The number of anilines is 1. The van der Waals surface area contributed by atoms with Crippen molar-refractivity contribution in [2.45, 2.75) is 19.8 Å². The number of amides is 1. The molecule has 0 saturated carbocycles. The topological polar surface area (TPSA) is 57.6 Å². The summed E-state index contributed by atoms with van der Waals surface area (Å²) in [6.07, 6.45) is 0. The molecule has 1 atom stereocenters. The summed E-state index contributed by atoms with van der Waals surface area (Å²) in [4.78, 5) is 27.4. The molecule has 1 aliphatic heterocycles. The van der Waals surface area contributed by atoms with Crippen molar-refractivity contribution in [2.24, 2.45) is 0 Å². The zero-order valence-corrected chi connectivity index (χ0v) is 12.6. The van der Waals surface area contributed by atoms with Gasteiger partial charge in [0.15, 0.2) is 0 Å². The SMILES string of the molecule is Cc1cc(C(=O)N2C[C@@H](C(=O)O)c3ccccc32)sc1C. The maximum absolute atomic E-state index is 12.7. The maximum Gasteiger partial charge on any atom is 0.312 e. The molecule has 0 spiro atoms. The molecule has 0 aliphatic carbocycles. The van der Waals surface area contributed by atoms with Gasteiger partial charge in [0.1, 0.15) is 5.92 Å². The Balaban J connectivity index is 2.00. The van der Waals surface area contributed by atoms with Crippen LogP contribution in [0.4, 0.5) is 5.69 Å². The number of thiophene rings is 1. The summed E-state index contributed by atoms with van der Waals surface area (Å²) < 4.78 is 0. The second-order valence-electron chi connectivity index (χ2n) is 5.22. The summed E-state index contributed by atoms with van der Waals surface area (Å²) in [7, 11) is 0. The first-order chi connectivity index (χ1) is 9.99. The molecule has 0 fully saturated rings. The molecule has 0 radical (unpaired) electrons. The molecule has 3 rings (SSSR count). The van der Waals surface area contributed by atoms with Crippen LogP contribution in [0.25, 0.3) is 0 Å².